The predicted octanol–water partition coefficient (Wildman–Crippen LogP) is 1.82. The Morgan fingerprint density at radius 3 is 2.57 bits per heavy atom. The Bertz CT molecular complexity index is 406. The Morgan fingerprint density at radius 2 is 2.07 bits per heavy atom. The molecule has 0 fully saturated rings. The molecular formula is C8H7Cl3N2O. The van der Waals surface area contributed by atoms with Gasteiger partial charge in [0.05, 0.1) is 0 Å². The lowest BCUT2D eigenvalue weighted by Crippen LogP contribution is -2.24. The quantitative estimate of drug-likeness (QED) is 0.650. The first-order chi connectivity index (χ1) is 6.41. The summed E-state index contributed by atoms with van der Waals surface area (Å²) in [5, 5.41) is 0. The minimum absolute atomic E-state index is 0.434. The van der Waals surface area contributed by atoms with Crippen LogP contribution in [-0.4, -0.2) is 14.3 Å². The summed E-state index contributed by atoms with van der Waals surface area (Å²) in [5.41, 5.74) is 0.434. The fraction of sp³-hybridized carbons (Fsp3) is 0.250. The normalized spacial score (nSPS) is 13.0. The number of aryl methyl sites for hydroxylation is 1. The van der Waals surface area contributed by atoms with Crippen LogP contribution in [0.5, 0.6) is 0 Å². The number of halogens is 3. The standard InChI is InChI=1S/C8H7Cl3N2O/c1-13-5-3-2-4-6(13)12-7(14)8(9,10)11/h2-5H,1H3. The third-order valence-electron chi connectivity index (χ3n) is 1.49. The predicted molar refractivity (Wildman–Crippen MR) is 56.3 cm³/mol. The van der Waals surface area contributed by atoms with Crippen LogP contribution < -0.4 is 5.49 Å². The summed E-state index contributed by atoms with van der Waals surface area (Å²) in [6.45, 7) is 0. The zero-order valence-corrected chi connectivity index (χ0v) is 9.51. The highest BCUT2D eigenvalue weighted by atomic mass is 35.6. The molecule has 0 bridgehead atoms. The molecule has 14 heavy (non-hydrogen) atoms. The number of amides is 1. The second-order valence-corrected chi connectivity index (χ2v) is 4.87. The van der Waals surface area contributed by atoms with Crippen molar-refractivity contribution >= 4 is 40.7 Å². The van der Waals surface area contributed by atoms with Gasteiger partial charge in [-0.15, -0.1) is 0 Å². The zero-order valence-electron chi connectivity index (χ0n) is 7.25. The smallest absolute Gasteiger partial charge is 0.299 e. The second-order valence-electron chi connectivity index (χ2n) is 2.58. The number of pyridine rings is 1. The molecule has 0 saturated heterocycles. The Morgan fingerprint density at radius 1 is 1.43 bits per heavy atom. The molecule has 1 heterocycles. The number of carbonyl (C=O) groups is 1. The number of hydrogen-bond acceptors (Lipinski definition) is 1. The summed E-state index contributed by atoms with van der Waals surface area (Å²) < 4.78 is -0.350. The summed E-state index contributed by atoms with van der Waals surface area (Å²) >= 11 is 16.1. The van der Waals surface area contributed by atoms with Crippen LogP contribution in [0.3, 0.4) is 0 Å². The summed E-state index contributed by atoms with van der Waals surface area (Å²) in [6.07, 6.45) is 1.74. The molecule has 1 aromatic heterocycles. The van der Waals surface area contributed by atoms with Crippen molar-refractivity contribution in [3.63, 3.8) is 0 Å². The van der Waals surface area contributed by atoms with Gasteiger partial charge in [-0.2, -0.15) is 4.99 Å². The van der Waals surface area contributed by atoms with E-state index in [1.54, 1.807) is 36.0 Å². The topological polar surface area (TPSA) is 34.4 Å². The molecule has 0 aromatic carbocycles. The summed E-state index contributed by atoms with van der Waals surface area (Å²) in [5.74, 6) is -0.802. The third kappa shape index (κ3) is 3.01. The van der Waals surface area contributed by atoms with Gasteiger partial charge in [-0.05, 0) is 12.1 Å². The SMILES string of the molecule is Cn1ccccc1=NC(=O)C(Cl)(Cl)Cl. The molecule has 0 radical (unpaired) electrons. The summed E-state index contributed by atoms with van der Waals surface area (Å²) in [6, 6.07) is 5.19. The van der Waals surface area contributed by atoms with Gasteiger partial charge in [0, 0.05) is 13.2 Å². The molecule has 0 aliphatic carbocycles. The van der Waals surface area contributed by atoms with Gasteiger partial charge in [-0.3, -0.25) is 4.79 Å². The summed E-state index contributed by atoms with van der Waals surface area (Å²) in [7, 11) is 1.74. The van der Waals surface area contributed by atoms with Crippen LogP contribution in [0.15, 0.2) is 29.4 Å². The molecule has 0 spiro atoms. The molecule has 0 aliphatic rings. The maximum Gasteiger partial charge on any atom is 0.299 e. The lowest BCUT2D eigenvalue weighted by atomic mass is 10.5. The van der Waals surface area contributed by atoms with E-state index in [-0.39, 0.29) is 0 Å². The van der Waals surface area contributed by atoms with E-state index in [2.05, 4.69) is 4.99 Å². The fourth-order valence-corrected chi connectivity index (χ4v) is 0.925. The van der Waals surface area contributed by atoms with Gasteiger partial charge in [0.2, 0.25) is 0 Å². The minimum Gasteiger partial charge on any atom is -0.336 e. The van der Waals surface area contributed by atoms with Gasteiger partial charge < -0.3 is 4.57 Å². The van der Waals surface area contributed by atoms with Gasteiger partial charge in [0.15, 0.2) is 0 Å². The number of alkyl halides is 3. The van der Waals surface area contributed by atoms with Gasteiger partial charge >= 0.3 is 0 Å². The lowest BCUT2D eigenvalue weighted by Gasteiger charge is -2.04. The van der Waals surface area contributed by atoms with Crippen LogP contribution in [0.25, 0.3) is 0 Å². The van der Waals surface area contributed by atoms with Crippen LogP contribution in [0.2, 0.25) is 0 Å². The first kappa shape index (κ1) is 11.6. The Kier molecular flexibility index (Phi) is 3.59. The van der Waals surface area contributed by atoms with Crippen molar-refractivity contribution in [1.29, 1.82) is 0 Å². The van der Waals surface area contributed by atoms with E-state index in [0.29, 0.717) is 5.49 Å². The molecule has 76 valence electrons. The van der Waals surface area contributed by atoms with Crippen LogP contribution >= 0.6 is 34.8 Å². The van der Waals surface area contributed by atoms with E-state index < -0.39 is 9.70 Å². The number of nitrogens with zero attached hydrogens (tertiary/aromatic N) is 2. The fourth-order valence-electron chi connectivity index (χ4n) is 0.798. The van der Waals surface area contributed by atoms with Crippen LogP contribution in [0.4, 0.5) is 0 Å². The van der Waals surface area contributed by atoms with Crippen molar-refractivity contribution in [1.82, 2.24) is 4.57 Å². The lowest BCUT2D eigenvalue weighted by molar-refractivity contribution is -0.117. The number of rotatable bonds is 0. The number of aromatic nitrogens is 1. The monoisotopic (exact) mass is 252 g/mol. The van der Waals surface area contributed by atoms with Crippen molar-refractivity contribution in [2.75, 3.05) is 0 Å². The minimum atomic E-state index is -2.00. The summed E-state index contributed by atoms with van der Waals surface area (Å²) in [4.78, 5) is 14.9. The molecule has 0 atom stereocenters. The highest BCUT2D eigenvalue weighted by molar-refractivity contribution is 6.76. The third-order valence-corrected chi connectivity index (χ3v) is 1.97. The van der Waals surface area contributed by atoms with E-state index in [1.807, 2.05) is 0 Å². The van der Waals surface area contributed by atoms with E-state index >= 15 is 0 Å². The maximum atomic E-state index is 11.2. The zero-order chi connectivity index (χ0) is 10.8. The Balaban J connectivity index is 3.12. The number of carbonyl (C=O) groups excluding carboxylic acids is 1. The van der Waals surface area contributed by atoms with E-state index in [4.69, 9.17) is 34.8 Å². The molecule has 3 nitrogen and oxygen atoms in total. The molecule has 0 N–H and O–H groups in total. The largest absolute Gasteiger partial charge is 0.336 e. The van der Waals surface area contributed by atoms with Gasteiger partial charge in [0.25, 0.3) is 9.70 Å². The maximum absolute atomic E-state index is 11.2. The van der Waals surface area contributed by atoms with Crippen LogP contribution in [0, 0.1) is 0 Å². The molecule has 1 rings (SSSR count). The Labute approximate surface area is 95.9 Å². The average Bonchev–Trinajstić information content (AvgIpc) is 2.07. The molecule has 0 aliphatic heterocycles. The number of hydrogen-bond donors (Lipinski definition) is 0. The Hall–Kier alpha value is -0.510. The van der Waals surface area contributed by atoms with E-state index in [9.17, 15) is 4.79 Å². The molecule has 6 heteroatoms. The van der Waals surface area contributed by atoms with Gasteiger partial charge in [-0.25, -0.2) is 0 Å². The van der Waals surface area contributed by atoms with E-state index in [1.165, 1.54) is 0 Å². The van der Waals surface area contributed by atoms with Crippen LogP contribution in [0.1, 0.15) is 0 Å². The van der Waals surface area contributed by atoms with Gasteiger partial charge in [0.1, 0.15) is 5.49 Å². The molecule has 1 aromatic rings. The molecule has 0 saturated carbocycles. The van der Waals surface area contributed by atoms with Crippen molar-refractivity contribution in [3.05, 3.63) is 29.9 Å². The second kappa shape index (κ2) is 4.34. The molecular weight excluding hydrogens is 246 g/mol. The average molecular weight is 254 g/mol. The van der Waals surface area contributed by atoms with Gasteiger partial charge in [-0.1, -0.05) is 40.9 Å². The van der Waals surface area contributed by atoms with Crippen molar-refractivity contribution in [2.24, 2.45) is 12.0 Å². The van der Waals surface area contributed by atoms with Crippen LogP contribution in [-0.2, 0) is 11.8 Å². The first-order valence-corrected chi connectivity index (χ1v) is 4.82. The first-order valence-electron chi connectivity index (χ1n) is 3.69. The van der Waals surface area contributed by atoms with E-state index in [0.717, 1.165) is 0 Å². The highest BCUT2D eigenvalue weighted by Gasteiger charge is 2.30. The van der Waals surface area contributed by atoms with Crippen molar-refractivity contribution in [2.45, 2.75) is 3.79 Å². The van der Waals surface area contributed by atoms with Crippen molar-refractivity contribution in [3.8, 4) is 0 Å². The van der Waals surface area contributed by atoms with Crippen molar-refractivity contribution < 1.29 is 4.79 Å². The molecule has 0 unspecified atom stereocenters. The highest BCUT2D eigenvalue weighted by Crippen LogP contribution is 2.26. The molecule has 1 amide bonds.